The van der Waals surface area contributed by atoms with Gasteiger partial charge in [0.25, 0.3) is 0 Å². The summed E-state index contributed by atoms with van der Waals surface area (Å²) in [5.41, 5.74) is 0.447. The minimum absolute atomic E-state index is 0.0774. The lowest BCUT2D eigenvalue weighted by atomic mass is 10.0. The Hall–Kier alpha value is -1.74. The number of hydrogen-bond donors (Lipinski definition) is 1. The summed E-state index contributed by atoms with van der Waals surface area (Å²) in [6, 6.07) is 3.16. The maximum atomic E-state index is 12.2. The number of aromatic nitrogens is 2. The molecule has 0 bridgehead atoms. The molecule has 1 aromatic rings. The number of hydrogen-bond acceptors (Lipinski definition) is 4. The smallest absolute Gasteiger partial charge is 0.309 e. The van der Waals surface area contributed by atoms with Crippen LogP contribution in [0, 0.1) is 0 Å². The zero-order chi connectivity index (χ0) is 16.2. The molecule has 1 aliphatic carbocycles. The number of alkyl halides is 3. The van der Waals surface area contributed by atoms with E-state index in [0.29, 0.717) is 10.2 Å². The molecule has 0 fully saturated rings. The van der Waals surface area contributed by atoms with Gasteiger partial charge in [-0.1, -0.05) is 18.2 Å². The van der Waals surface area contributed by atoms with Gasteiger partial charge in [0.2, 0.25) is 5.91 Å². The minimum Gasteiger partial charge on any atom is -0.309 e. The van der Waals surface area contributed by atoms with Crippen molar-refractivity contribution in [2.45, 2.75) is 25.3 Å². The van der Waals surface area contributed by atoms with Crippen molar-refractivity contribution in [2.75, 3.05) is 5.32 Å². The Balaban J connectivity index is 1.92. The number of halogens is 4. The van der Waals surface area contributed by atoms with Crippen LogP contribution in [-0.2, 0) is 9.53 Å². The summed E-state index contributed by atoms with van der Waals surface area (Å²) in [5.74, 6) is -0.142. The number of allylic oxidation sites excluding steroid dienone is 1. The van der Waals surface area contributed by atoms with Crippen LogP contribution in [0.1, 0.15) is 12.8 Å². The van der Waals surface area contributed by atoms with Crippen molar-refractivity contribution in [3.63, 3.8) is 0 Å². The zero-order valence-electron chi connectivity index (χ0n) is 11.1. The van der Waals surface area contributed by atoms with E-state index in [2.05, 4.69) is 36.2 Å². The van der Waals surface area contributed by atoms with Crippen LogP contribution in [0.2, 0.25) is 0 Å². The third kappa shape index (κ3) is 5.57. The molecule has 1 aliphatic rings. The summed E-state index contributed by atoms with van der Waals surface area (Å²) >= 11 is 3.11. The minimum atomic E-state index is -4.70. The van der Waals surface area contributed by atoms with Gasteiger partial charge in [-0.15, -0.1) is 23.4 Å². The Morgan fingerprint density at radius 3 is 2.82 bits per heavy atom. The summed E-state index contributed by atoms with van der Waals surface area (Å²) in [5, 5.41) is 9.95. The Morgan fingerprint density at radius 1 is 1.41 bits per heavy atom. The average Bonchev–Trinajstić information content (AvgIpc) is 2.40. The van der Waals surface area contributed by atoms with Crippen molar-refractivity contribution in [3.8, 4) is 0 Å². The fourth-order valence-electron chi connectivity index (χ4n) is 1.84. The van der Waals surface area contributed by atoms with E-state index < -0.39 is 18.4 Å². The van der Waals surface area contributed by atoms with Gasteiger partial charge in [-0.2, -0.15) is 0 Å². The normalized spacial score (nSPS) is 18.0. The number of anilines is 1. The van der Waals surface area contributed by atoms with E-state index in [0.717, 1.165) is 0 Å². The van der Waals surface area contributed by atoms with Crippen LogP contribution in [0.25, 0.3) is 0 Å². The number of carbonyl (C=O) groups excluding carboxylic acids is 1. The molecule has 0 aliphatic heterocycles. The van der Waals surface area contributed by atoms with Gasteiger partial charge in [0.1, 0.15) is 4.60 Å². The summed E-state index contributed by atoms with van der Waals surface area (Å²) in [6.45, 7) is 0. The van der Waals surface area contributed by atoms with Crippen molar-refractivity contribution < 1.29 is 22.7 Å². The Labute approximate surface area is 132 Å². The Morgan fingerprint density at radius 2 is 2.18 bits per heavy atom. The van der Waals surface area contributed by atoms with Gasteiger partial charge in [0.15, 0.2) is 5.82 Å². The number of nitrogens with zero attached hydrogens (tertiary/aromatic N) is 2. The Bertz CT molecular complexity index is 600. The van der Waals surface area contributed by atoms with Gasteiger partial charge < -0.3 is 5.32 Å². The monoisotopic (exact) mass is 377 g/mol. The molecule has 0 saturated carbocycles. The fourth-order valence-corrected chi connectivity index (χ4v) is 2.05. The lowest BCUT2D eigenvalue weighted by Crippen LogP contribution is -2.23. The molecule has 1 unspecified atom stereocenters. The number of carbonyl (C=O) groups is 1. The van der Waals surface area contributed by atoms with Crippen LogP contribution in [-0.4, -0.2) is 28.6 Å². The van der Waals surface area contributed by atoms with Gasteiger partial charge in [-0.25, -0.2) is 0 Å². The largest absolute Gasteiger partial charge is 0.523 e. The SMILES string of the molecule is O=C(CC1=CC(OC(F)(F)F)CC=C1)Nc1ccc(Br)nn1. The molecule has 0 radical (unpaired) electrons. The highest BCUT2D eigenvalue weighted by Gasteiger charge is 2.33. The highest BCUT2D eigenvalue weighted by Crippen LogP contribution is 2.25. The summed E-state index contributed by atoms with van der Waals surface area (Å²) < 4.78 is 41.0. The van der Waals surface area contributed by atoms with Crippen LogP contribution in [0.5, 0.6) is 0 Å². The van der Waals surface area contributed by atoms with E-state index >= 15 is 0 Å². The van der Waals surface area contributed by atoms with Gasteiger partial charge in [0, 0.05) is 0 Å². The lowest BCUT2D eigenvalue weighted by molar-refractivity contribution is -0.336. The van der Waals surface area contributed by atoms with Gasteiger partial charge in [-0.05, 0) is 40.1 Å². The van der Waals surface area contributed by atoms with E-state index in [1.54, 1.807) is 24.3 Å². The first-order valence-corrected chi connectivity index (χ1v) is 7.02. The maximum Gasteiger partial charge on any atom is 0.523 e. The van der Waals surface area contributed by atoms with Gasteiger partial charge in [0.05, 0.1) is 12.5 Å². The molecule has 118 valence electrons. The third-order valence-electron chi connectivity index (χ3n) is 2.65. The quantitative estimate of drug-likeness (QED) is 0.873. The predicted molar refractivity (Wildman–Crippen MR) is 75.7 cm³/mol. The molecule has 1 aromatic heterocycles. The van der Waals surface area contributed by atoms with E-state index in [4.69, 9.17) is 0 Å². The maximum absolute atomic E-state index is 12.2. The molecule has 1 atom stereocenters. The molecule has 2 rings (SSSR count). The van der Waals surface area contributed by atoms with Crippen molar-refractivity contribution in [2.24, 2.45) is 0 Å². The number of nitrogens with one attached hydrogen (secondary N) is 1. The second-order valence-electron chi connectivity index (χ2n) is 4.45. The molecule has 0 aromatic carbocycles. The zero-order valence-corrected chi connectivity index (χ0v) is 12.7. The first-order valence-electron chi connectivity index (χ1n) is 6.23. The first-order chi connectivity index (χ1) is 10.3. The molecule has 0 spiro atoms. The molecule has 9 heteroatoms. The first kappa shape index (κ1) is 16.6. The number of ether oxygens (including phenoxy) is 1. The number of rotatable bonds is 4. The molecule has 1 heterocycles. The molecule has 5 nitrogen and oxygen atoms in total. The van der Waals surface area contributed by atoms with E-state index in [9.17, 15) is 18.0 Å². The van der Waals surface area contributed by atoms with E-state index in [1.807, 2.05) is 0 Å². The van der Waals surface area contributed by atoms with Crippen LogP contribution in [0.4, 0.5) is 19.0 Å². The standard InChI is InChI=1S/C13H11BrF3N3O2/c14-10-4-5-11(20-19-10)18-12(21)7-8-2-1-3-9(6-8)22-13(15,16)17/h1-2,4-6,9H,3,7H2,(H,18,20,21). The molecule has 22 heavy (non-hydrogen) atoms. The highest BCUT2D eigenvalue weighted by atomic mass is 79.9. The van der Waals surface area contributed by atoms with Crippen molar-refractivity contribution in [1.29, 1.82) is 0 Å². The van der Waals surface area contributed by atoms with Gasteiger partial charge >= 0.3 is 6.36 Å². The summed E-state index contributed by atoms with van der Waals surface area (Å²) in [4.78, 5) is 11.8. The average molecular weight is 378 g/mol. The topological polar surface area (TPSA) is 64.1 Å². The predicted octanol–water partition coefficient (Wildman–Crippen LogP) is 3.36. The molecule has 0 saturated heterocycles. The highest BCUT2D eigenvalue weighted by molar-refractivity contribution is 9.10. The van der Waals surface area contributed by atoms with Crippen molar-refractivity contribution in [3.05, 3.63) is 40.5 Å². The van der Waals surface area contributed by atoms with E-state index in [1.165, 1.54) is 6.08 Å². The summed E-state index contributed by atoms with van der Waals surface area (Å²) in [6.07, 6.45) is -1.34. The number of amides is 1. The van der Waals surface area contributed by atoms with Crippen molar-refractivity contribution >= 4 is 27.7 Å². The second-order valence-corrected chi connectivity index (χ2v) is 5.26. The molecule has 1 N–H and O–H groups in total. The van der Waals surface area contributed by atoms with Crippen LogP contribution >= 0.6 is 15.9 Å². The Kier molecular flexibility index (Phi) is 5.30. The molecule has 1 amide bonds. The third-order valence-corrected chi connectivity index (χ3v) is 3.07. The van der Waals surface area contributed by atoms with Crippen LogP contribution in [0.3, 0.4) is 0 Å². The second kappa shape index (κ2) is 7.01. The molecular weight excluding hydrogens is 367 g/mol. The van der Waals surface area contributed by atoms with Crippen LogP contribution < -0.4 is 5.32 Å². The molecular formula is C13H11BrF3N3O2. The van der Waals surface area contributed by atoms with Gasteiger partial charge in [-0.3, -0.25) is 9.53 Å². The van der Waals surface area contributed by atoms with E-state index in [-0.39, 0.29) is 18.7 Å². The summed E-state index contributed by atoms with van der Waals surface area (Å²) in [7, 11) is 0. The lowest BCUT2D eigenvalue weighted by Gasteiger charge is -2.18. The fraction of sp³-hybridized carbons (Fsp3) is 0.308. The van der Waals surface area contributed by atoms with Crippen molar-refractivity contribution in [1.82, 2.24) is 10.2 Å². The van der Waals surface area contributed by atoms with Crippen LogP contribution in [0.15, 0.2) is 40.5 Å².